The van der Waals surface area contributed by atoms with Crippen molar-refractivity contribution in [3.63, 3.8) is 0 Å². The summed E-state index contributed by atoms with van der Waals surface area (Å²) >= 11 is 0. The number of aliphatic imine (C=N–C) groups is 1. The van der Waals surface area contributed by atoms with Crippen LogP contribution in [0.2, 0.25) is 0 Å². The third-order valence-electron chi connectivity index (χ3n) is 6.75. The van der Waals surface area contributed by atoms with Gasteiger partial charge in [0, 0.05) is 23.2 Å². The first-order chi connectivity index (χ1) is 18.5. The number of amidine groups is 1. The van der Waals surface area contributed by atoms with Gasteiger partial charge in [0.05, 0.1) is 39.3 Å². The molecule has 1 spiro atoms. The fourth-order valence-corrected chi connectivity index (χ4v) is 4.93. The van der Waals surface area contributed by atoms with Gasteiger partial charge >= 0.3 is 0 Å². The summed E-state index contributed by atoms with van der Waals surface area (Å²) in [5, 5.41) is 2.83. The number of ether oxygens (including phenoxy) is 4. The number of hydrogen-bond donors (Lipinski definition) is 2. The summed E-state index contributed by atoms with van der Waals surface area (Å²) in [5.41, 5.74) is 8.30. The molecule has 2 aromatic carbocycles. The van der Waals surface area contributed by atoms with Gasteiger partial charge in [-0.15, -0.1) is 0 Å². The zero-order valence-electron chi connectivity index (χ0n) is 20.5. The average Bonchev–Trinajstić information content (AvgIpc) is 2.94. The number of fused-ring (bicyclic) bond motifs is 4. The molecule has 4 heterocycles. The summed E-state index contributed by atoms with van der Waals surface area (Å²) in [7, 11) is 1.47. The number of benzene rings is 2. The molecule has 3 aliphatic heterocycles. The van der Waals surface area contributed by atoms with Crippen LogP contribution in [0.25, 0.3) is 5.57 Å². The largest absolute Gasteiger partial charge is 0.480 e. The van der Waals surface area contributed by atoms with E-state index in [1.807, 2.05) is 12.1 Å². The quantitative estimate of drug-likeness (QED) is 0.535. The Labute approximate surface area is 217 Å². The second-order valence-corrected chi connectivity index (χ2v) is 9.03. The van der Waals surface area contributed by atoms with Gasteiger partial charge in [-0.3, -0.25) is 4.79 Å². The van der Waals surface area contributed by atoms with Crippen molar-refractivity contribution in [3.05, 3.63) is 77.0 Å². The molecule has 0 unspecified atom stereocenters. The number of methoxy groups -OCH3 is 1. The number of anilines is 1. The maximum absolute atomic E-state index is 15.5. The standard InChI is InChI=1S/C27H24FN5O5/c1-35-23-13-30-21(12-31-23)25(34)32-17-4-5-22-18(11-17)27(6-8-37-26(29)33-27)19-9-16(10-20(28)24(19)38-22)15-3-2-7-36-14-15/h3-5,9-13H,2,6-8,14H2,1H3,(H2,29,33)(H,32,34)/t27-/m0/s1. The van der Waals surface area contributed by atoms with E-state index in [4.69, 9.17) is 29.7 Å². The van der Waals surface area contributed by atoms with Gasteiger partial charge in [0.15, 0.2) is 11.6 Å². The predicted octanol–water partition coefficient (Wildman–Crippen LogP) is 3.76. The maximum Gasteiger partial charge on any atom is 0.283 e. The monoisotopic (exact) mass is 517 g/mol. The Morgan fingerprint density at radius 2 is 2.05 bits per heavy atom. The Bertz CT molecular complexity index is 1490. The fraction of sp³-hybridized carbons (Fsp3) is 0.259. The van der Waals surface area contributed by atoms with Gasteiger partial charge in [-0.2, -0.15) is 0 Å². The molecule has 194 valence electrons. The van der Waals surface area contributed by atoms with Gasteiger partial charge in [0.1, 0.15) is 17.0 Å². The molecule has 38 heavy (non-hydrogen) atoms. The van der Waals surface area contributed by atoms with Crippen LogP contribution in [0.1, 0.15) is 40.0 Å². The Hall–Kier alpha value is -4.51. The van der Waals surface area contributed by atoms with E-state index in [-0.39, 0.29) is 24.1 Å². The van der Waals surface area contributed by atoms with E-state index in [2.05, 4.69) is 15.3 Å². The molecule has 11 heteroatoms. The summed E-state index contributed by atoms with van der Waals surface area (Å²) in [4.78, 5) is 25.7. The number of carbonyl (C=O) groups excluding carboxylic acids is 1. The second-order valence-electron chi connectivity index (χ2n) is 9.03. The highest BCUT2D eigenvalue weighted by Crippen LogP contribution is 2.53. The van der Waals surface area contributed by atoms with Gasteiger partial charge in [-0.05, 0) is 47.9 Å². The van der Waals surface area contributed by atoms with Crippen molar-refractivity contribution in [2.24, 2.45) is 10.7 Å². The number of nitrogens with zero attached hydrogens (tertiary/aromatic N) is 3. The number of rotatable bonds is 4. The van der Waals surface area contributed by atoms with Crippen molar-refractivity contribution < 1.29 is 28.1 Å². The van der Waals surface area contributed by atoms with E-state index >= 15 is 4.39 Å². The van der Waals surface area contributed by atoms with Crippen molar-refractivity contribution in [3.8, 4) is 17.4 Å². The number of nitrogens with one attached hydrogen (secondary N) is 1. The Morgan fingerprint density at radius 1 is 1.16 bits per heavy atom. The first-order valence-electron chi connectivity index (χ1n) is 12.1. The van der Waals surface area contributed by atoms with Crippen LogP contribution in [0, 0.1) is 5.82 Å². The topological polar surface area (TPSA) is 130 Å². The van der Waals surface area contributed by atoms with E-state index in [1.165, 1.54) is 25.6 Å². The Morgan fingerprint density at radius 3 is 2.79 bits per heavy atom. The molecule has 3 aromatic rings. The maximum atomic E-state index is 15.5. The molecule has 0 saturated heterocycles. The first-order valence-corrected chi connectivity index (χ1v) is 12.1. The molecule has 0 radical (unpaired) electrons. The predicted molar refractivity (Wildman–Crippen MR) is 136 cm³/mol. The molecule has 1 aromatic heterocycles. The van der Waals surface area contributed by atoms with Crippen molar-refractivity contribution in [1.82, 2.24) is 9.97 Å². The van der Waals surface area contributed by atoms with Crippen molar-refractivity contribution in [1.29, 1.82) is 0 Å². The number of halogens is 1. The van der Waals surface area contributed by atoms with E-state index in [9.17, 15) is 4.79 Å². The summed E-state index contributed by atoms with van der Waals surface area (Å²) in [5.74, 6) is -0.179. The number of aromatic nitrogens is 2. The Kier molecular flexibility index (Phi) is 5.91. The van der Waals surface area contributed by atoms with Crippen LogP contribution >= 0.6 is 0 Å². The van der Waals surface area contributed by atoms with E-state index in [1.54, 1.807) is 18.2 Å². The van der Waals surface area contributed by atoms with Crippen LogP contribution in [-0.4, -0.2) is 48.8 Å². The van der Waals surface area contributed by atoms with Crippen LogP contribution in [0.5, 0.6) is 17.4 Å². The lowest BCUT2D eigenvalue weighted by Crippen LogP contribution is -2.39. The second kappa shape index (κ2) is 9.42. The molecule has 0 saturated carbocycles. The number of nitrogens with two attached hydrogens (primary N) is 1. The normalized spacial score (nSPS) is 19.7. The minimum atomic E-state index is -1.08. The zero-order chi connectivity index (χ0) is 26.3. The van der Waals surface area contributed by atoms with Gasteiger partial charge < -0.3 is 30.0 Å². The highest BCUT2D eigenvalue weighted by Gasteiger charge is 2.46. The molecule has 3 aliphatic rings. The van der Waals surface area contributed by atoms with Gasteiger partial charge in [0.25, 0.3) is 11.9 Å². The smallest absolute Gasteiger partial charge is 0.283 e. The molecule has 3 N–H and O–H groups in total. The highest BCUT2D eigenvalue weighted by molar-refractivity contribution is 6.02. The van der Waals surface area contributed by atoms with Crippen LogP contribution in [0.4, 0.5) is 10.1 Å². The summed E-state index contributed by atoms with van der Waals surface area (Å²) in [6.07, 6.45) is 5.87. The molecule has 0 fully saturated rings. The van der Waals surface area contributed by atoms with Crippen LogP contribution in [0.3, 0.4) is 0 Å². The van der Waals surface area contributed by atoms with E-state index < -0.39 is 17.3 Å². The van der Waals surface area contributed by atoms with E-state index in [0.29, 0.717) is 53.6 Å². The molecule has 0 aliphatic carbocycles. The number of carbonyl (C=O) groups is 1. The minimum Gasteiger partial charge on any atom is -0.480 e. The minimum absolute atomic E-state index is 0.0102. The molecule has 1 amide bonds. The first kappa shape index (κ1) is 23.9. The lowest BCUT2D eigenvalue weighted by atomic mass is 9.76. The summed E-state index contributed by atoms with van der Waals surface area (Å²) < 4.78 is 37.6. The number of amides is 1. The zero-order valence-corrected chi connectivity index (χ0v) is 20.5. The third kappa shape index (κ3) is 4.10. The average molecular weight is 518 g/mol. The SMILES string of the molecule is COc1cnc(C(=O)Nc2ccc3c(c2)[C@@]2(CCOC(N)=N2)c2cc(C4=CCCOC4)cc(F)c2O3)cn1. The lowest BCUT2D eigenvalue weighted by molar-refractivity contribution is 0.102. The van der Waals surface area contributed by atoms with Crippen LogP contribution < -0.4 is 20.5 Å². The van der Waals surface area contributed by atoms with Gasteiger partial charge in [-0.1, -0.05) is 6.08 Å². The van der Waals surface area contributed by atoms with Crippen molar-refractivity contribution >= 4 is 23.2 Å². The molecule has 6 rings (SSSR count). The highest BCUT2D eigenvalue weighted by atomic mass is 19.1. The summed E-state index contributed by atoms with van der Waals surface area (Å²) in [6, 6.07) is 8.40. The lowest BCUT2D eigenvalue weighted by Gasteiger charge is -2.39. The molecular weight excluding hydrogens is 493 g/mol. The van der Waals surface area contributed by atoms with Gasteiger partial charge in [-0.25, -0.2) is 19.4 Å². The molecule has 0 bridgehead atoms. The summed E-state index contributed by atoms with van der Waals surface area (Å²) in [6.45, 7) is 1.29. The molecule has 1 atom stereocenters. The van der Waals surface area contributed by atoms with E-state index in [0.717, 1.165) is 12.0 Å². The van der Waals surface area contributed by atoms with Crippen molar-refractivity contribution in [2.45, 2.75) is 18.4 Å². The van der Waals surface area contributed by atoms with Crippen LogP contribution in [0.15, 0.2) is 53.8 Å². The third-order valence-corrected chi connectivity index (χ3v) is 6.75. The molecule has 10 nitrogen and oxygen atoms in total. The fourth-order valence-electron chi connectivity index (χ4n) is 4.93. The van der Waals surface area contributed by atoms with Crippen LogP contribution in [-0.2, 0) is 15.0 Å². The number of hydrogen-bond acceptors (Lipinski definition) is 9. The van der Waals surface area contributed by atoms with Crippen molar-refractivity contribution in [2.75, 3.05) is 32.2 Å². The Balaban J connectivity index is 1.43. The molecular formula is C27H24FN5O5. The van der Waals surface area contributed by atoms with Gasteiger partial charge in [0.2, 0.25) is 5.88 Å².